The molecule has 4 nitrogen and oxygen atoms in total. The zero-order valence-corrected chi connectivity index (χ0v) is 12.4. The Hall–Kier alpha value is -1.42. The Morgan fingerprint density at radius 2 is 2.16 bits per heavy atom. The van der Waals surface area contributed by atoms with Crippen molar-refractivity contribution in [3.8, 4) is 0 Å². The molecule has 1 aromatic rings. The maximum absolute atomic E-state index is 4.27. The smallest absolute Gasteiger partial charge is 0.150 e. The quantitative estimate of drug-likeness (QED) is 0.548. The van der Waals surface area contributed by atoms with E-state index in [1.165, 1.54) is 0 Å². The monoisotopic (exact) mass is 262 g/mol. The van der Waals surface area contributed by atoms with E-state index in [4.69, 9.17) is 0 Å². The fraction of sp³-hybridized carbons (Fsp3) is 0.600. The Labute approximate surface area is 116 Å². The number of anilines is 1. The van der Waals surface area contributed by atoms with Crippen molar-refractivity contribution >= 4 is 5.82 Å². The maximum atomic E-state index is 4.27. The summed E-state index contributed by atoms with van der Waals surface area (Å²) < 4.78 is 0. The second-order valence-corrected chi connectivity index (χ2v) is 5.26. The first-order chi connectivity index (χ1) is 9.13. The summed E-state index contributed by atoms with van der Waals surface area (Å²) in [6.45, 7) is 10.9. The molecule has 0 radical (unpaired) electrons. The molecule has 0 amide bonds. The van der Waals surface area contributed by atoms with Crippen molar-refractivity contribution in [2.24, 2.45) is 5.92 Å². The molecular formula is C15H26N4. The van der Waals surface area contributed by atoms with Gasteiger partial charge in [0.2, 0.25) is 0 Å². The Morgan fingerprint density at radius 3 is 2.74 bits per heavy atom. The molecular weight excluding hydrogens is 236 g/mol. The fourth-order valence-corrected chi connectivity index (χ4v) is 1.73. The highest BCUT2D eigenvalue weighted by Crippen LogP contribution is 2.08. The number of hydrogen-bond donors (Lipinski definition) is 1. The molecule has 19 heavy (non-hydrogen) atoms. The van der Waals surface area contributed by atoms with Gasteiger partial charge in [0.15, 0.2) is 5.82 Å². The van der Waals surface area contributed by atoms with Crippen molar-refractivity contribution in [2.75, 3.05) is 25.0 Å². The molecule has 0 saturated carbocycles. The summed E-state index contributed by atoms with van der Waals surface area (Å²) in [5, 5.41) is 11.9. The van der Waals surface area contributed by atoms with E-state index in [-0.39, 0.29) is 0 Å². The number of aromatic nitrogens is 2. The van der Waals surface area contributed by atoms with E-state index in [1.807, 2.05) is 25.3 Å². The van der Waals surface area contributed by atoms with Crippen LogP contribution >= 0.6 is 0 Å². The third-order valence-corrected chi connectivity index (χ3v) is 2.86. The Bertz CT molecular complexity index is 359. The summed E-state index contributed by atoms with van der Waals surface area (Å²) in [5.74, 6) is 1.58. The lowest BCUT2D eigenvalue weighted by Crippen LogP contribution is -2.22. The summed E-state index contributed by atoms with van der Waals surface area (Å²) in [7, 11) is 2.05. The first-order valence-electron chi connectivity index (χ1n) is 6.99. The van der Waals surface area contributed by atoms with Crippen LogP contribution in [0, 0.1) is 5.92 Å². The van der Waals surface area contributed by atoms with Gasteiger partial charge in [0.05, 0.1) is 5.69 Å². The highest BCUT2D eigenvalue weighted by atomic mass is 15.2. The van der Waals surface area contributed by atoms with E-state index >= 15 is 0 Å². The molecule has 0 aliphatic heterocycles. The van der Waals surface area contributed by atoms with E-state index in [9.17, 15) is 0 Å². The van der Waals surface area contributed by atoms with Crippen molar-refractivity contribution in [3.05, 3.63) is 30.5 Å². The molecule has 0 unspecified atom stereocenters. The number of rotatable bonds is 9. The van der Waals surface area contributed by atoms with Gasteiger partial charge < -0.3 is 10.2 Å². The van der Waals surface area contributed by atoms with Crippen LogP contribution in [0.25, 0.3) is 0 Å². The molecule has 0 aromatic carbocycles. The molecule has 0 saturated heterocycles. The number of unbranched alkanes of at least 4 members (excludes halogenated alkanes) is 1. The summed E-state index contributed by atoms with van der Waals surface area (Å²) in [4.78, 5) is 2.13. The third kappa shape index (κ3) is 6.34. The van der Waals surface area contributed by atoms with Gasteiger partial charge in [-0.3, -0.25) is 0 Å². The minimum atomic E-state index is 0.656. The lowest BCUT2D eigenvalue weighted by Gasteiger charge is -2.17. The van der Waals surface area contributed by atoms with Crippen molar-refractivity contribution < 1.29 is 0 Å². The van der Waals surface area contributed by atoms with Crippen LogP contribution in [0.15, 0.2) is 24.8 Å². The zero-order valence-electron chi connectivity index (χ0n) is 12.4. The average molecular weight is 262 g/mol. The lowest BCUT2D eigenvalue weighted by molar-refractivity contribution is 0.546. The van der Waals surface area contributed by atoms with E-state index in [2.05, 4.69) is 40.8 Å². The molecule has 0 fully saturated rings. The van der Waals surface area contributed by atoms with Crippen LogP contribution in [0.2, 0.25) is 0 Å². The molecule has 1 aromatic heterocycles. The molecule has 1 rings (SSSR count). The van der Waals surface area contributed by atoms with E-state index in [1.54, 1.807) is 0 Å². The molecule has 0 bridgehead atoms. The van der Waals surface area contributed by atoms with Crippen molar-refractivity contribution in [2.45, 2.75) is 33.2 Å². The minimum Gasteiger partial charge on any atom is -0.358 e. The topological polar surface area (TPSA) is 41.0 Å². The molecule has 0 spiro atoms. The molecule has 0 atom stereocenters. The van der Waals surface area contributed by atoms with Crippen LogP contribution in [0.4, 0.5) is 5.82 Å². The van der Waals surface area contributed by atoms with Crippen LogP contribution in [-0.2, 0) is 6.54 Å². The molecule has 0 aliphatic carbocycles. The van der Waals surface area contributed by atoms with Crippen LogP contribution < -0.4 is 10.2 Å². The van der Waals surface area contributed by atoms with E-state index < -0.39 is 0 Å². The third-order valence-electron chi connectivity index (χ3n) is 2.86. The van der Waals surface area contributed by atoms with Gasteiger partial charge in [0, 0.05) is 20.1 Å². The summed E-state index contributed by atoms with van der Waals surface area (Å²) in [6.07, 6.45) is 4.08. The van der Waals surface area contributed by atoms with Crippen LogP contribution in [-0.4, -0.2) is 30.3 Å². The predicted octanol–water partition coefficient (Wildman–Crippen LogP) is 2.62. The summed E-state index contributed by atoms with van der Waals surface area (Å²) in [5.41, 5.74) is 0.990. The number of nitrogens with one attached hydrogen (secondary N) is 1. The van der Waals surface area contributed by atoms with Crippen molar-refractivity contribution in [3.63, 3.8) is 0 Å². The lowest BCUT2D eigenvalue weighted by atomic mass is 10.2. The first-order valence-corrected chi connectivity index (χ1v) is 6.99. The standard InChI is InChI=1S/C15H26N4/c1-5-6-7-10-19(4)15-9-8-14(17-18-15)12-16-11-13(2)3/h5,8-9,13,16H,1,6-7,10-12H2,2-4H3. The normalized spacial score (nSPS) is 10.7. The molecule has 0 aliphatic rings. The van der Waals surface area contributed by atoms with Gasteiger partial charge in [0.1, 0.15) is 0 Å². The number of nitrogens with zero attached hydrogens (tertiary/aromatic N) is 3. The van der Waals surface area contributed by atoms with E-state index in [0.717, 1.165) is 44.0 Å². The van der Waals surface area contributed by atoms with Gasteiger partial charge in [-0.05, 0) is 37.4 Å². The molecule has 4 heteroatoms. The SMILES string of the molecule is C=CCCCN(C)c1ccc(CNCC(C)C)nn1. The largest absolute Gasteiger partial charge is 0.358 e. The van der Waals surface area contributed by atoms with Gasteiger partial charge in [0.25, 0.3) is 0 Å². The van der Waals surface area contributed by atoms with Crippen LogP contribution in [0.3, 0.4) is 0 Å². The highest BCUT2D eigenvalue weighted by Gasteiger charge is 2.03. The van der Waals surface area contributed by atoms with Gasteiger partial charge in [-0.25, -0.2) is 0 Å². The van der Waals surface area contributed by atoms with E-state index in [0.29, 0.717) is 5.92 Å². The fourth-order valence-electron chi connectivity index (χ4n) is 1.73. The highest BCUT2D eigenvalue weighted by molar-refractivity contribution is 5.35. The van der Waals surface area contributed by atoms with Crippen molar-refractivity contribution in [1.29, 1.82) is 0 Å². The van der Waals surface area contributed by atoms with Crippen LogP contribution in [0.5, 0.6) is 0 Å². The Morgan fingerprint density at radius 1 is 1.37 bits per heavy atom. The summed E-state index contributed by atoms with van der Waals surface area (Å²) >= 11 is 0. The number of hydrogen-bond acceptors (Lipinski definition) is 4. The van der Waals surface area contributed by atoms with Gasteiger partial charge >= 0.3 is 0 Å². The van der Waals surface area contributed by atoms with Gasteiger partial charge in [-0.2, -0.15) is 5.10 Å². The Kier molecular flexibility index (Phi) is 7.11. The maximum Gasteiger partial charge on any atom is 0.150 e. The molecule has 1 heterocycles. The second-order valence-electron chi connectivity index (χ2n) is 5.26. The number of allylic oxidation sites excluding steroid dienone is 1. The minimum absolute atomic E-state index is 0.656. The van der Waals surface area contributed by atoms with Gasteiger partial charge in [-0.1, -0.05) is 19.9 Å². The second kappa shape index (κ2) is 8.64. The van der Waals surface area contributed by atoms with Gasteiger partial charge in [-0.15, -0.1) is 11.7 Å². The Balaban J connectivity index is 2.39. The predicted molar refractivity (Wildman–Crippen MR) is 81.3 cm³/mol. The molecule has 1 N–H and O–H groups in total. The summed E-state index contributed by atoms with van der Waals surface area (Å²) in [6, 6.07) is 4.08. The van der Waals surface area contributed by atoms with Crippen molar-refractivity contribution in [1.82, 2.24) is 15.5 Å². The average Bonchev–Trinajstić information content (AvgIpc) is 2.39. The zero-order chi connectivity index (χ0) is 14.1. The van der Waals surface area contributed by atoms with Crippen LogP contribution in [0.1, 0.15) is 32.4 Å². The first kappa shape index (κ1) is 15.6. The molecule has 106 valence electrons.